The molecule has 21 heavy (non-hydrogen) atoms. The molecular formula is C18H22N2O. The molecule has 0 spiro atoms. The molecule has 1 aromatic heterocycles. The number of rotatable bonds is 4. The van der Waals surface area contributed by atoms with Gasteiger partial charge in [0.05, 0.1) is 5.56 Å². The summed E-state index contributed by atoms with van der Waals surface area (Å²) in [6, 6.07) is 13.9. The van der Waals surface area contributed by atoms with Crippen LogP contribution in [0.25, 0.3) is 0 Å². The van der Waals surface area contributed by atoms with Crippen LogP contribution in [0.3, 0.4) is 0 Å². The molecule has 0 fully saturated rings. The van der Waals surface area contributed by atoms with E-state index in [0.717, 1.165) is 6.42 Å². The highest BCUT2D eigenvalue weighted by Crippen LogP contribution is 2.18. The summed E-state index contributed by atoms with van der Waals surface area (Å²) in [7, 11) is 0. The van der Waals surface area contributed by atoms with E-state index in [0.29, 0.717) is 12.1 Å². The van der Waals surface area contributed by atoms with Crippen LogP contribution in [-0.4, -0.2) is 27.9 Å². The summed E-state index contributed by atoms with van der Waals surface area (Å²) in [5, 5.41) is 0. The number of amides is 1. The Hall–Kier alpha value is -2.16. The summed E-state index contributed by atoms with van der Waals surface area (Å²) in [6.07, 6.45) is 4.16. The van der Waals surface area contributed by atoms with Crippen molar-refractivity contribution in [2.24, 2.45) is 0 Å². The lowest BCUT2D eigenvalue weighted by Gasteiger charge is -2.36. The van der Waals surface area contributed by atoms with Gasteiger partial charge < -0.3 is 4.90 Å². The van der Waals surface area contributed by atoms with Crippen molar-refractivity contribution in [2.45, 2.75) is 32.7 Å². The van der Waals surface area contributed by atoms with Crippen molar-refractivity contribution >= 4 is 5.91 Å². The fraction of sp³-hybridized carbons (Fsp3) is 0.333. The Morgan fingerprint density at radius 2 is 1.81 bits per heavy atom. The molecular weight excluding hydrogens is 260 g/mol. The van der Waals surface area contributed by atoms with Crippen molar-refractivity contribution in [3.05, 3.63) is 66.0 Å². The molecule has 3 nitrogen and oxygen atoms in total. The van der Waals surface area contributed by atoms with Gasteiger partial charge in [0.2, 0.25) is 0 Å². The molecule has 1 amide bonds. The Kier molecular flexibility index (Phi) is 4.73. The number of pyridine rings is 1. The zero-order chi connectivity index (χ0) is 15.3. The number of nitrogens with zero attached hydrogens (tertiary/aromatic N) is 2. The van der Waals surface area contributed by atoms with Crippen LogP contribution >= 0.6 is 0 Å². The third-order valence-corrected chi connectivity index (χ3v) is 3.43. The Morgan fingerprint density at radius 3 is 2.38 bits per heavy atom. The number of carbonyl (C=O) groups excluding carboxylic acids is 1. The fourth-order valence-electron chi connectivity index (χ4n) is 2.27. The molecule has 3 heteroatoms. The predicted octanol–water partition coefficient (Wildman–Crippen LogP) is 3.57. The minimum atomic E-state index is -0.221. The molecule has 0 saturated carbocycles. The van der Waals surface area contributed by atoms with Gasteiger partial charge in [-0.15, -0.1) is 0 Å². The minimum Gasteiger partial charge on any atom is -0.333 e. The lowest BCUT2D eigenvalue weighted by molar-refractivity contribution is 0.0585. The van der Waals surface area contributed by atoms with E-state index in [9.17, 15) is 4.79 Å². The third-order valence-electron chi connectivity index (χ3n) is 3.43. The molecule has 2 aromatic rings. The van der Waals surface area contributed by atoms with Crippen molar-refractivity contribution in [3.63, 3.8) is 0 Å². The van der Waals surface area contributed by atoms with Crippen molar-refractivity contribution in [1.29, 1.82) is 0 Å². The molecule has 0 atom stereocenters. The Labute approximate surface area is 126 Å². The Bertz CT molecular complexity index is 573. The second kappa shape index (κ2) is 6.53. The number of hydrogen-bond donors (Lipinski definition) is 0. The molecule has 1 aromatic carbocycles. The van der Waals surface area contributed by atoms with Crippen LogP contribution in [0.5, 0.6) is 0 Å². The zero-order valence-corrected chi connectivity index (χ0v) is 12.9. The largest absolute Gasteiger partial charge is 0.333 e. The maximum Gasteiger partial charge on any atom is 0.255 e. The van der Waals surface area contributed by atoms with E-state index in [-0.39, 0.29) is 11.4 Å². The average Bonchev–Trinajstić information content (AvgIpc) is 2.48. The van der Waals surface area contributed by atoms with E-state index >= 15 is 0 Å². The first kappa shape index (κ1) is 15.2. The van der Waals surface area contributed by atoms with E-state index in [1.54, 1.807) is 18.5 Å². The topological polar surface area (TPSA) is 33.2 Å². The summed E-state index contributed by atoms with van der Waals surface area (Å²) < 4.78 is 0. The van der Waals surface area contributed by atoms with Crippen molar-refractivity contribution in [2.75, 3.05) is 6.54 Å². The van der Waals surface area contributed by atoms with Gasteiger partial charge >= 0.3 is 0 Å². The highest BCUT2D eigenvalue weighted by Gasteiger charge is 2.27. The molecule has 0 bridgehead atoms. The van der Waals surface area contributed by atoms with Gasteiger partial charge in [0, 0.05) is 24.5 Å². The summed E-state index contributed by atoms with van der Waals surface area (Å²) in [4.78, 5) is 18.7. The fourth-order valence-corrected chi connectivity index (χ4v) is 2.27. The minimum absolute atomic E-state index is 0.0338. The number of aromatic nitrogens is 1. The van der Waals surface area contributed by atoms with Gasteiger partial charge in [-0.1, -0.05) is 30.3 Å². The lowest BCUT2D eigenvalue weighted by Crippen LogP contribution is -2.46. The Morgan fingerprint density at radius 1 is 1.10 bits per heavy atom. The predicted molar refractivity (Wildman–Crippen MR) is 85.2 cm³/mol. The van der Waals surface area contributed by atoms with Gasteiger partial charge in [0.1, 0.15) is 0 Å². The second-order valence-electron chi connectivity index (χ2n) is 6.10. The average molecular weight is 282 g/mol. The van der Waals surface area contributed by atoms with Gasteiger partial charge in [0.15, 0.2) is 0 Å². The van der Waals surface area contributed by atoms with Crippen LogP contribution in [0.1, 0.15) is 36.7 Å². The quantitative estimate of drug-likeness (QED) is 0.859. The standard InChI is InChI=1S/C18H22N2O/c1-18(2,3)20(13-11-15-8-5-4-6-9-15)17(21)16-10-7-12-19-14-16/h4-10,12,14H,11,13H2,1-3H3. The number of benzene rings is 1. The summed E-state index contributed by atoms with van der Waals surface area (Å²) in [5.74, 6) is 0.0338. The summed E-state index contributed by atoms with van der Waals surface area (Å²) >= 11 is 0. The van der Waals surface area contributed by atoms with Crippen LogP contribution in [0.4, 0.5) is 0 Å². The molecule has 1 heterocycles. The SMILES string of the molecule is CC(C)(C)N(CCc1ccccc1)C(=O)c1cccnc1. The highest BCUT2D eigenvalue weighted by molar-refractivity contribution is 5.94. The van der Waals surface area contributed by atoms with Crippen LogP contribution in [0, 0.1) is 0 Å². The number of hydrogen-bond acceptors (Lipinski definition) is 2. The van der Waals surface area contributed by atoms with Crippen molar-refractivity contribution in [3.8, 4) is 0 Å². The van der Waals surface area contributed by atoms with Crippen LogP contribution < -0.4 is 0 Å². The normalized spacial score (nSPS) is 11.2. The van der Waals surface area contributed by atoms with Gasteiger partial charge in [0.25, 0.3) is 5.91 Å². The lowest BCUT2D eigenvalue weighted by atomic mass is 10.0. The van der Waals surface area contributed by atoms with Gasteiger partial charge in [-0.25, -0.2) is 0 Å². The molecule has 0 aliphatic carbocycles. The summed E-state index contributed by atoms with van der Waals surface area (Å²) in [6.45, 7) is 6.88. The zero-order valence-electron chi connectivity index (χ0n) is 12.9. The molecule has 0 unspecified atom stereocenters. The van der Waals surface area contributed by atoms with Crippen LogP contribution in [0.2, 0.25) is 0 Å². The van der Waals surface area contributed by atoms with E-state index in [1.807, 2.05) is 29.2 Å². The second-order valence-corrected chi connectivity index (χ2v) is 6.10. The van der Waals surface area contributed by atoms with Gasteiger partial charge in [-0.2, -0.15) is 0 Å². The summed E-state index contributed by atoms with van der Waals surface area (Å²) in [5.41, 5.74) is 1.66. The first-order chi connectivity index (χ1) is 9.98. The Balaban J connectivity index is 2.14. The molecule has 0 radical (unpaired) electrons. The van der Waals surface area contributed by atoms with Gasteiger partial charge in [-0.05, 0) is 44.9 Å². The number of carbonyl (C=O) groups is 1. The van der Waals surface area contributed by atoms with E-state index in [2.05, 4.69) is 37.9 Å². The monoisotopic (exact) mass is 282 g/mol. The maximum atomic E-state index is 12.7. The maximum absolute atomic E-state index is 12.7. The molecule has 2 rings (SSSR count). The van der Waals surface area contributed by atoms with Gasteiger partial charge in [-0.3, -0.25) is 9.78 Å². The van der Waals surface area contributed by atoms with Crippen LogP contribution in [0.15, 0.2) is 54.9 Å². The third kappa shape index (κ3) is 4.15. The van der Waals surface area contributed by atoms with E-state index in [4.69, 9.17) is 0 Å². The molecule has 0 aliphatic heterocycles. The van der Waals surface area contributed by atoms with Crippen molar-refractivity contribution < 1.29 is 4.79 Å². The van der Waals surface area contributed by atoms with Crippen molar-refractivity contribution in [1.82, 2.24) is 9.88 Å². The van der Waals surface area contributed by atoms with E-state index in [1.165, 1.54) is 5.56 Å². The highest BCUT2D eigenvalue weighted by atomic mass is 16.2. The molecule has 0 saturated heterocycles. The molecule has 110 valence electrons. The first-order valence-corrected chi connectivity index (χ1v) is 7.24. The smallest absolute Gasteiger partial charge is 0.255 e. The van der Waals surface area contributed by atoms with E-state index < -0.39 is 0 Å². The van der Waals surface area contributed by atoms with Crippen LogP contribution in [-0.2, 0) is 6.42 Å². The molecule has 0 aliphatic rings. The molecule has 0 N–H and O–H groups in total. The first-order valence-electron chi connectivity index (χ1n) is 7.24.